The van der Waals surface area contributed by atoms with E-state index in [4.69, 9.17) is 9.47 Å². The van der Waals surface area contributed by atoms with Crippen molar-refractivity contribution in [2.24, 2.45) is 11.8 Å². The summed E-state index contributed by atoms with van der Waals surface area (Å²) in [4.78, 5) is 56.2. The zero-order valence-corrected chi connectivity index (χ0v) is 29.1. The van der Waals surface area contributed by atoms with Crippen molar-refractivity contribution in [3.63, 3.8) is 0 Å². The lowest BCUT2D eigenvalue weighted by Gasteiger charge is -2.34. The van der Waals surface area contributed by atoms with E-state index in [1.165, 1.54) is 25.7 Å². The zero-order chi connectivity index (χ0) is 34.4. The normalized spacial score (nSPS) is 22.8. The van der Waals surface area contributed by atoms with Gasteiger partial charge in [0.2, 0.25) is 23.6 Å². The van der Waals surface area contributed by atoms with Crippen molar-refractivity contribution in [2.75, 3.05) is 32.9 Å². The number of ether oxygens (including phenoxy) is 2. The van der Waals surface area contributed by atoms with Crippen molar-refractivity contribution in [2.45, 2.75) is 103 Å². The molecule has 0 spiro atoms. The van der Waals surface area contributed by atoms with Crippen LogP contribution in [0.1, 0.15) is 87.3 Å². The van der Waals surface area contributed by atoms with Crippen molar-refractivity contribution < 1.29 is 28.7 Å². The maximum atomic E-state index is 13.9. The van der Waals surface area contributed by atoms with Crippen molar-refractivity contribution in [1.82, 2.24) is 20.9 Å². The summed E-state index contributed by atoms with van der Waals surface area (Å²) in [5.41, 5.74) is 3.00. The van der Waals surface area contributed by atoms with Gasteiger partial charge in [-0.2, -0.15) is 0 Å². The first-order chi connectivity index (χ1) is 23.8. The van der Waals surface area contributed by atoms with E-state index in [1.807, 2.05) is 55.5 Å². The van der Waals surface area contributed by atoms with Gasteiger partial charge in [-0.15, -0.1) is 0 Å². The molecule has 3 atom stereocenters. The Kier molecular flexibility index (Phi) is 13.9. The molecule has 10 nitrogen and oxygen atoms in total. The Morgan fingerprint density at radius 2 is 1.78 bits per heavy atom. The highest BCUT2D eigenvalue weighted by Crippen LogP contribution is 2.27. The van der Waals surface area contributed by atoms with Crippen LogP contribution in [0.3, 0.4) is 0 Å². The van der Waals surface area contributed by atoms with Gasteiger partial charge in [0.15, 0.2) is 0 Å². The van der Waals surface area contributed by atoms with E-state index in [9.17, 15) is 19.2 Å². The average molecular weight is 675 g/mol. The van der Waals surface area contributed by atoms with E-state index in [2.05, 4.69) is 16.0 Å². The second-order valence-electron chi connectivity index (χ2n) is 14.0. The van der Waals surface area contributed by atoms with Crippen LogP contribution in [0.25, 0.3) is 0 Å². The molecule has 1 unspecified atom stereocenters. The number of rotatable bonds is 10. The Morgan fingerprint density at radius 1 is 0.959 bits per heavy atom. The second kappa shape index (κ2) is 18.7. The van der Waals surface area contributed by atoms with Crippen LogP contribution >= 0.6 is 0 Å². The molecule has 1 saturated carbocycles. The van der Waals surface area contributed by atoms with Crippen LogP contribution in [-0.2, 0) is 36.9 Å². The van der Waals surface area contributed by atoms with Gasteiger partial charge < -0.3 is 30.3 Å². The first kappa shape index (κ1) is 36.4. The van der Waals surface area contributed by atoms with Gasteiger partial charge in [-0.25, -0.2) is 0 Å². The maximum Gasteiger partial charge on any atom is 0.243 e. The van der Waals surface area contributed by atoms with Crippen molar-refractivity contribution in [1.29, 1.82) is 0 Å². The third kappa shape index (κ3) is 11.6. The number of aryl methyl sites for hydroxylation is 2. The number of carbonyl (C=O) groups excluding carboxylic acids is 4. The van der Waals surface area contributed by atoms with E-state index in [0.717, 1.165) is 48.1 Å². The number of fused-ring (bicyclic) bond motifs is 4. The molecular weight excluding hydrogens is 620 g/mol. The summed E-state index contributed by atoms with van der Waals surface area (Å²) in [5.74, 6) is 0.316. The fourth-order valence-corrected chi connectivity index (χ4v) is 7.20. The molecule has 10 heteroatoms. The van der Waals surface area contributed by atoms with Gasteiger partial charge in [-0.3, -0.25) is 19.2 Å². The summed E-state index contributed by atoms with van der Waals surface area (Å²) in [7, 11) is 0. The smallest absolute Gasteiger partial charge is 0.243 e. The molecular formula is C39H54N4O6. The SMILES string of the molecule is Cc1ccc2cc1CNC(=O)[C@H](CCc1ccccc1)NC(=O)[C@@H](NC(=O)CCOCCC1CCCC1)CC(=O)N1CCCC(CCO2)C1. The van der Waals surface area contributed by atoms with Crippen LogP contribution in [0.5, 0.6) is 5.75 Å². The lowest BCUT2D eigenvalue weighted by molar-refractivity contribution is -0.138. The summed E-state index contributed by atoms with van der Waals surface area (Å²) in [6, 6.07) is 13.7. The fraction of sp³-hybridized carbons (Fsp3) is 0.590. The Balaban J connectivity index is 1.30. The molecule has 2 aromatic rings. The molecule has 266 valence electrons. The molecule has 2 fully saturated rings. The summed E-state index contributed by atoms with van der Waals surface area (Å²) < 4.78 is 11.9. The number of nitrogens with one attached hydrogen (secondary N) is 3. The quantitative estimate of drug-likeness (QED) is 0.316. The Labute approximate surface area is 291 Å². The molecule has 2 heterocycles. The summed E-state index contributed by atoms with van der Waals surface area (Å²) >= 11 is 0. The van der Waals surface area contributed by atoms with Crippen LogP contribution < -0.4 is 20.7 Å². The van der Waals surface area contributed by atoms with Gasteiger partial charge in [0.1, 0.15) is 17.8 Å². The minimum atomic E-state index is -1.12. The number of hydrogen-bond acceptors (Lipinski definition) is 6. The molecule has 3 N–H and O–H groups in total. The highest BCUT2D eigenvalue weighted by atomic mass is 16.5. The minimum Gasteiger partial charge on any atom is -0.494 e. The largest absolute Gasteiger partial charge is 0.494 e. The molecule has 2 aromatic carbocycles. The molecule has 49 heavy (non-hydrogen) atoms. The van der Waals surface area contributed by atoms with Crippen LogP contribution in [0.4, 0.5) is 0 Å². The van der Waals surface area contributed by atoms with Crippen molar-refractivity contribution in [3.05, 3.63) is 65.2 Å². The van der Waals surface area contributed by atoms with Crippen LogP contribution in [0, 0.1) is 18.8 Å². The average Bonchev–Trinajstić information content (AvgIpc) is 3.63. The molecule has 4 bridgehead atoms. The fourth-order valence-electron chi connectivity index (χ4n) is 7.20. The topological polar surface area (TPSA) is 126 Å². The van der Waals surface area contributed by atoms with E-state index >= 15 is 0 Å². The van der Waals surface area contributed by atoms with Crippen LogP contribution in [0.2, 0.25) is 0 Å². The number of hydrogen-bond donors (Lipinski definition) is 3. The molecule has 0 aromatic heterocycles. The number of carbonyl (C=O) groups is 4. The Bertz CT molecular complexity index is 1400. The Hall–Kier alpha value is -3.92. The first-order valence-corrected chi connectivity index (χ1v) is 18.3. The lowest BCUT2D eigenvalue weighted by atomic mass is 9.94. The van der Waals surface area contributed by atoms with Crippen molar-refractivity contribution in [3.8, 4) is 5.75 Å². The Morgan fingerprint density at radius 3 is 2.59 bits per heavy atom. The van der Waals surface area contributed by atoms with Gasteiger partial charge >= 0.3 is 0 Å². The van der Waals surface area contributed by atoms with E-state index in [1.54, 1.807) is 4.90 Å². The molecule has 1 saturated heterocycles. The predicted molar refractivity (Wildman–Crippen MR) is 188 cm³/mol. The van der Waals surface area contributed by atoms with Crippen LogP contribution in [-0.4, -0.2) is 73.5 Å². The maximum absolute atomic E-state index is 13.9. The van der Waals surface area contributed by atoms with Gasteiger partial charge in [-0.1, -0.05) is 62.1 Å². The highest BCUT2D eigenvalue weighted by molar-refractivity contribution is 5.95. The molecule has 3 aliphatic rings. The predicted octanol–water partition coefficient (Wildman–Crippen LogP) is 4.61. The number of benzene rings is 2. The molecule has 5 rings (SSSR count). The van der Waals surface area contributed by atoms with Crippen LogP contribution in [0.15, 0.2) is 48.5 Å². The molecule has 4 amide bonds. The van der Waals surface area contributed by atoms with Gasteiger partial charge in [0.05, 0.1) is 19.6 Å². The number of amides is 4. The van der Waals surface area contributed by atoms with Gasteiger partial charge in [0, 0.05) is 32.7 Å². The molecule has 2 aliphatic heterocycles. The number of nitrogens with zero attached hydrogens (tertiary/aromatic N) is 1. The summed E-state index contributed by atoms with van der Waals surface area (Å²) in [6.45, 7) is 4.84. The summed E-state index contributed by atoms with van der Waals surface area (Å²) in [5, 5.41) is 8.74. The minimum absolute atomic E-state index is 0.0881. The molecule has 1 aliphatic carbocycles. The first-order valence-electron chi connectivity index (χ1n) is 18.3. The highest BCUT2D eigenvalue weighted by Gasteiger charge is 2.32. The lowest BCUT2D eigenvalue weighted by Crippen LogP contribution is -2.55. The van der Waals surface area contributed by atoms with E-state index < -0.39 is 18.0 Å². The molecule has 0 radical (unpaired) electrons. The third-order valence-corrected chi connectivity index (χ3v) is 10.3. The monoisotopic (exact) mass is 674 g/mol. The summed E-state index contributed by atoms with van der Waals surface area (Å²) in [6.07, 6.45) is 9.55. The standard InChI is InChI=1S/C39H54N4O6/c1-28-13-15-33-24-32(28)26-40-38(46)34(16-14-29-8-3-2-4-9-29)42-39(47)35(25-37(45)43-20-7-12-31(27-43)18-23-49-33)41-36(44)19-22-48-21-17-30-10-5-6-11-30/h2-4,8-9,13,15,24,30-31,34-35H,5-7,10-12,14,16-23,25-27H2,1H3,(H,40,46)(H,41,44)(H,42,47)/t31?,34-,35-/m0/s1. The third-order valence-electron chi connectivity index (χ3n) is 10.3. The van der Waals surface area contributed by atoms with Crippen molar-refractivity contribution >= 4 is 23.6 Å². The van der Waals surface area contributed by atoms with Gasteiger partial charge in [0.25, 0.3) is 0 Å². The van der Waals surface area contributed by atoms with Gasteiger partial charge in [-0.05, 0) is 86.1 Å². The van der Waals surface area contributed by atoms with E-state index in [-0.39, 0.29) is 49.6 Å². The zero-order valence-electron chi connectivity index (χ0n) is 29.1. The second-order valence-corrected chi connectivity index (χ2v) is 14.0. The van der Waals surface area contributed by atoms with E-state index in [0.29, 0.717) is 45.1 Å². The number of piperidine rings is 1.